The second kappa shape index (κ2) is 10.1. The molecule has 0 radical (unpaired) electrons. The van der Waals surface area contributed by atoms with Crippen molar-refractivity contribution in [2.45, 2.75) is 38.6 Å². The van der Waals surface area contributed by atoms with Crippen molar-refractivity contribution in [3.05, 3.63) is 52.2 Å². The lowest BCUT2D eigenvalue weighted by Gasteiger charge is -2.28. The van der Waals surface area contributed by atoms with E-state index in [0.29, 0.717) is 13.1 Å². The first kappa shape index (κ1) is 19.4. The fraction of sp³-hybridized carbons (Fsp3) is 0.429. The maximum absolute atomic E-state index is 11.8. The van der Waals surface area contributed by atoms with Crippen LogP contribution in [-0.4, -0.2) is 31.4 Å². The van der Waals surface area contributed by atoms with Gasteiger partial charge in [-0.1, -0.05) is 18.2 Å². The van der Waals surface area contributed by atoms with Gasteiger partial charge in [-0.2, -0.15) is 0 Å². The molecule has 3 rings (SSSR count). The third kappa shape index (κ3) is 6.10. The van der Waals surface area contributed by atoms with Crippen LogP contribution < -0.4 is 15.5 Å². The molecule has 2 N–H and O–H groups in total. The number of benzene rings is 1. The Morgan fingerprint density at radius 2 is 1.70 bits per heavy atom. The highest BCUT2D eigenvalue weighted by Crippen LogP contribution is 2.20. The molecule has 0 saturated carbocycles. The molecule has 0 bridgehead atoms. The van der Waals surface area contributed by atoms with Crippen molar-refractivity contribution in [3.8, 4) is 0 Å². The molecular formula is C21H27N3O2S. The first-order chi connectivity index (χ1) is 13.2. The lowest BCUT2D eigenvalue weighted by molar-refractivity contribution is -0.139. The molecule has 0 spiro atoms. The molecule has 144 valence electrons. The lowest BCUT2D eigenvalue weighted by atomic mass is 10.1. The predicted octanol–water partition coefficient (Wildman–Crippen LogP) is 3.10. The monoisotopic (exact) mass is 385 g/mol. The fourth-order valence-electron chi connectivity index (χ4n) is 3.26. The smallest absolute Gasteiger partial charge is 0.309 e. The quantitative estimate of drug-likeness (QED) is 0.569. The van der Waals surface area contributed by atoms with Crippen molar-refractivity contribution < 1.29 is 9.59 Å². The summed E-state index contributed by atoms with van der Waals surface area (Å²) in [4.78, 5) is 27.1. The molecule has 1 aliphatic rings. The van der Waals surface area contributed by atoms with Gasteiger partial charge in [0.25, 0.3) is 0 Å². The molecule has 0 unspecified atom stereocenters. The van der Waals surface area contributed by atoms with Gasteiger partial charge in [-0.25, -0.2) is 0 Å². The van der Waals surface area contributed by atoms with E-state index in [1.165, 1.54) is 30.5 Å². The van der Waals surface area contributed by atoms with Gasteiger partial charge in [0.15, 0.2) is 0 Å². The molecule has 1 aromatic heterocycles. The Morgan fingerprint density at radius 1 is 0.963 bits per heavy atom. The number of piperidine rings is 1. The standard InChI is InChI=1S/C21H27N3O2S/c25-20(21(26)23-16-19-7-5-15-27-19)22-12-4-6-17-8-10-18(11-9-17)24-13-2-1-3-14-24/h5,7-11,15H,1-4,6,12-14,16H2,(H,22,25)(H,23,26). The lowest BCUT2D eigenvalue weighted by Crippen LogP contribution is -2.39. The van der Waals surface area contributed by atoms with Gasteiger partial charge >= 0.3 is 11.8 Å². The summed E-state index contributed by atoms with van der Waals surface area (Å²) in [7, 11) is 0. The van der Waals surface area contributed by atoms with Crippen LogP contribution in [0.3, 0.4) is 0 Å². The van der Waals surface area contributed by atoms with E-state index < -0.39 is 11.8 Å². The molecule has 1 fully saturated rings. The molecule has 0 atom stereocenters. The number of rotatable bonds is 7. The Morgan fingerprint density at radius 3 is 2.41 bits per heavy atom. The number of hydrogen-bond acceptors (Lipinski definition) is 4. The summed E-state index contributed by atoms with van der Waals surface area (Å²) < 4.78 is 0. The van der Waals surface area contributed by atoms with Crippen molar-refractivity contribution >= 4 is 28.8 Å². The number of nitrogens with one attached hydrogen (secondary N) is 2. The Kier molecular flexibility index (Phi) is 7.27. The van der Waals surface area contributed by atoms with E-state index in [9.17, 15) is 9.59 Å². The summed E-state index contributed by atoms with van der Waals surface area (Å²) in [6.45, 7) is 3.20. The molecule has 2 amide bonds. The van der Waals surface area contributed by atoms with E-state index in [2.05, 4.69) is 39.8 Å². The number of thiophene rings is 1. The average Bonchev–Trinajstić information content (AvgIpc) is 3.24. The number of carbonyl (C=O) groups excluding carboxylic acids is 2. The van der Waals surface area contributed by atoms with Gasteiger partial charge in [-0.15, -0.1) is 11.3 Å². The van der Waals surface area contributed by atoms with Crippen LogP contribution in [0.5, 0.6) is 0 Å². The molecule has 5 nitrogen and oxygen atoms in total. The SMILES string of the molecule is O=C(NCCCc1ccc(N2CCCCC2)cc1)C(=O)NCc1cccs1. The fourth-order valence-corrected chi connectivity index (χ4v) is 3.91. The summed E-state index contributed by atoms with van der Waals surface area (Å²) in [5, 5.41) is 7.27. The number of aryl methyl sites for hydroxylation is 1. The van der Waals surface area contributed by atoms with Crippen LogP contribution in [0.15, 0.2) is 41.8 Å². The molecule has 2 heterocycles. The Bertz CT molecular complexity index is 722. The zero-order chi connectivity index (χ0) is 18.9. The zero-order valence-electron chi connectivity index (χ0n) is 15.6. The van der Waals surface area contributed by atoms with Crippen LogP contribution in [0.1, 0.15) is 36.1 Å². The number of anilines is 1. The first-order valence-electron chi connectivity index (χ1n) is 9.65. The topological polar surface area (TPSA) is 61.4 Å². The van der Waals surface area contributed by atoms with Gasteiger partial charge in [0.05, 0.1) is 6.54 Å². The van der Waals surface area contributed by atoms with Crippen molar-refractivity contribution in [1.29, 1.82) is 0 Å². The van der Waals surface area contributed by atoms with Gasteiger partial charge in [0.2, 0.25) is 0 Å². The highest BCUT2D eigenvalue weighted by molar-refractivity contribution is 7.09. The summed E-state index contributed by atoms with van der Waals surface area (Å²) in [6.07, 6.45) is 5.60. The average molecular weight is 386 g/mol. The summed E-state index contributed by atoms with van der Waals surface area (Å²) in [5.41, 5.74) is 2.56. The summed E-state index contributed by atoms with van der Waals surface area (Å²) >= 11 is 1.56. The van der Waals surface area contributed by atoms with Gasteiger partial charge < -0.3 is 15.5 Å². The van der Waals surface area contributed by atoms with Gasteiger partial charge in [-0.05, 0) is 61.2 Å². The maximum atomic E-state index is 11.8. The van der Waals surface area contributed by atoms with E-state index in [4.69, 9.17) is 0 Å². The summed E-state index contributed by atoms with van der Waals surface area (Å²) in [6, 6.07) is 12.6. The van der Waals surface area contributed by atoms with Crippen LogP contribution in [-0.2, 0) is 22.6 Å². The largest absolute Gasteiger partial charge is 0.372 e. The second-order valence-corrected chi connectivity index (χ2v) is 7.87. The Labute approximate surface area is 164 Å². The third-order valence-corrected chi connectivity index (χ3v) is 5.67. The van der Waals surface area contributed by atoms with E-state index >= 15 is 0 Å². The van der Waals surface area contributed by atoms with E-state index in [0.717, 1.165) is 30.8 Å². The molecule has 27 heavy (non-hydrogen) atoms. The molecular weight excluding hydrogens is 358 g/mol. The van der Waals surface area contributed by atoms with E-state index in [1.807, 2.05) is 17.5 Å². The molecule has 1 saturated heterocycles. The maximum Gasteiger partial charge on any atom is 0.309 e. The van der Waals surface area contributed by atoms with Crippen LogP contribution in [0.4, 0.5) is 5.69 Å². The third-order valence-electron chi connectivity index (χ3n) is 4.79. The first-order valence-corrected chi connectivity index (χ1v) is 10.5. The summed E-state index contributed by atoms with van der Waals surface area (Å²) in [5.74, 6) is -1.14. The Balaban J connectivity index is 1.33. The Hall–Kier alpha value is -2.34. The van der Waals surface area contributed by atoms with E-state index in [-0.39, 0.29) is 0 Å². The number of nitrogens with zero attached hydrogens (tertiary/aromatic N) is 1. The van der Waals surface area contributed by atoms with Crippen molar-refractivity contribution in [2.24, 2.45) is 0 Å². The molecule has 6 heteroatoms. The van der Waals surface area contributed by atoms with Crippen LogP contribution in [0, 0.1) is 0 Å². The molecule has 0 aliphatic carbocycles. The van der Waals surface area contributed by atoms with Gasteiger partial charge in [0, 0.05) is 30.2 Å². The highest BCUT2D eigenvalue weighted by Gasteiger charge is 2.13. The molecule has 1 aromatic carbocycles. The second-order valence-electron chi connectivity index (χ2n) is 6.84. The zero-order valence-corrected chi connectivity index (χ0v) is 16.4. The number of hydrogen-bond donors (Lipinski definition) is 2. The van der Waals surface area contributed by atoms with Crippen molar-refractivity contribution in [2.75, 3.05) is 24.5 Å². The van der Waals surface area contributed by atoms with Gasteiger partial charge in [-0.3, -0.25) is 9.59 Å². The molecule has 1 aliphatic heterocycles. The number of amides is 2. The van der Waals surface area contributed by atoms with Crippen molar-refractivity contribution in [3.63, 3.8) is 0 Å². The normalized spacial score (nSPS) is 14.0. The minimum atomic E-state index is -0.575. The minimum Gasteiger partial charge on any atom is -0.372 e. The van der Waals surface area contributed by atoms with Crippen LogP contribution >= 0.6 is 11.3 Å². The van der Waals surface area contributed by atoms with E-state index in [1.54, 1.807) is 11.3 Å². The predicted molar refractivity (Wildman–Crippen MR) is 110 cm³/mol. The minimum absolute atomic E-state index is 0.396. The van der Waals surface area contributed by atoms with Gasteiger partial charge in [0.1, 0.15) is 0 Å². The van der Waals surface area contributed by atoms with Crippen LogP contribution in [0.2, 0.25) is 0 Å². The number of carbonyl (C=O) groups is 2. The molecule has 2 aromatic rings. The highest BCUT2D eigenvalue weighted by atomic mass is 32.1. The van der Waals surface area contributed by atoms with Crippen LogP contribution in [0.25, 0.3) is 0 Å². The van der Waals surface area contributed by atoms with Crippen molar-refractivity contribution in [1.82, 2.24) is 10.6 Å².